The standard InChI is InChI=1S/C36H39N6O8P.2Na/c1-4-17-40-23-33(44)41-31(18-25-13-15-28(16-14-25)50-51(47,48)49)35(45)39(20-27-11-8-12-29-30(24(2)43)21-38(3)34(27)29)22-32(41)42(40)36(46)37-19-26-9-6-5-7-10-26;;/h4-16,21,31-32H,1,17-20,22-23H2,2-3H3,(H,37,46)(H2,47,48,49);;/q;2*+1/p-2/t31-,32-;;/m0../s1. The predicted molar refractivity (Wildman–Crippen MR) is 183 cm³/mol. The number of Topliss-reactive ketones (excluding diaryl/α,β-unsaturated/α-hetero) is 1. The van der Waals surface area contributed by atoms with E-state index in [1.165, 1.54) is 41.1 Å². The maximum atomic E-state index is 14.5. The van der Waals surface area contributed by atoms with Crippen LogP contribution in [0.4, 0.5) is 4.79 Å². The number of benzene rings is 3. The SMILES string of the molecule is C=CCN1CC(=O)N2[C@@H](Cc3ccc(OP(=O)([O-])[O-])cc3)C(=O)N(Cc3cccc4c(C(C)=O)cn(C)c34)C[C@@H]2N1C(=O)NCc1ccccc1.[Na+].[Na+]. The number of piperazine rings is 1. The molecule has 0 radical (unpaired) electrons. The quantitative estimate of drug-likeness (QED) is 0.0701. The number of rotatable bonds is 11. The molecule has 4 amide bonds. The van der Waals surface area contributed by atoms with Crippen LogP contribution in [0, 0.1) is 0 Å². The Morgan fingerprint density at radius 2 is 1.70 bits per heavy atom. The number of aryl methyl sites for hydroxylation is 1. The summed E-state index contributed by atoms with van der Waals surface area (Å²) in [6, 6.07) is 19.1. The molecule has 3 aromatic carbocycles. The van der Waals surface area contributed by atoms with E-state index < -0.39 is 26.1 Å². The molecule has 2 aliphatic rings. The van der Waals surface area contributed by atoms with E-state index in [4.69, 9.17) is 0 Å². The molecule has 53 heavy (non-hydrogen) atoms. The van der Waals surface area contributed by atoms with E-state index in [-0.39, 0.29) is 122 Å². The first-order chi connectivity index (χ1) is 24.3. The van der Waals surface area contributed by atoms with Gasteiger partial charge in [-0.05, 0) is 35.7 Å². The molecule has 0 bridgehead atoms. The van der Waals surface area contributed by atoms with Crippen molar-refractivity contribution in [1.29, 1.82) is 0 Å². The van der Waals surface area contributed by atoms with E-state index in [1.54, 1.807) is 22.2 Å². The number of phosphoric acid groups is 1. The molecule has 0 aliphatic carbocycles. The molecule has 2 saturated heterocycles. The first-order valence-electron chi connectivity index (χ1n) is 16.3. The van der Waals surface area contributed by atoms with Gasteiger partial charge in [-0.3, -0.25) is 14.4 Å². The number of nitrogens with zero attached hydrogens (tertiary/aromatic N) is 5. The van der Waals surface area contributed by atoms with Gasteiger partial charge in [0.1, 0.15) is 25.8 Å². The van der Waals surface area contributed by atoms with Crippen molar-refractivity contribution in [1.82, 2.24) is 29.7 Å². The summed E-state index contributed by atoms with van der Waals surface area (Å²) < 4.78 is 17.5. The van der Waals surface area contributed by atoms with E-state index in [9.17, 15) is 33.5 Å². The van der Waals surface area contributed by atoms with Gasteiger partial charge in [0.25, 0.3) is 0 Å². The van der Waals surface area contributed by atoms with E-state index >= 15 is 0 Å². The van der Waals surface area contributed by atoms with Crippen LogP contribution in [0.5, 0.6) is 5.75 Å². The summed E-state index contributed by atoms with van der Waals surface area (Å²) in [6.07, 6.45) is 2.48. The molecule has 1 N–H and O–H groups in total. The van der Waals surface area contributed by atoms with Crippen LogP contribution in [0.15, 0.2) is 91.6 Å². The molecule has 3 heterocycles. The number of carbonyl (C=O) groups is 4. The molecule has 0 saturated carbocycles. The Morgan fingerprint density at radius 1 is 1.00 bits per heavy atom. The number of urea groups is 1. The Balaban J connectivity index is 0.00000314. The summed E-state index contributed by atoms with van der Waals surface area (Å²) in [4.78, 5) is 80.2. The van der Waals surface area contributed by atoms with Gasteiger partial charge in [-0.2, -0.15) is 0 Å². The van der Waals surface area contributed by atoms with Crippen molar-refractivity contribution < 1.29 is 97.2 Å². The number of ketones is 1. The predicted octanol–water partition coefficient (Wildman–Crippen LogP) is -3.67. The number of nitrogens with one attached hydrogen (secondary N) is 1. The van der Waals surface area contributed by atoms with Gasteiger partial charge in [0.15, 0.2) is 5.78 Å². The third-order valence-corrected chi connectivity index (χ3v) is 9.49. The zero-order valence-corrected chi connectivity index (χ0v) is 35.0. The minimum absolute atomic E-state index is 0. The van der Waals surface area contributed by atoms with Gasteiger partial charge in [0.05, 0.1) is 18.6 Å². The number of fused-ring (bicyclic) bond motifs is 2. The summed E-state index contributed by atoms with van der Waals surface area (Å²) in [5, 5.41) is 6.80. The Morgan fingerprint density at radius 3 is 2.34 bits per heavy atom. The van der Waals surface area contributed by atoms with Crippen molar-refractivity contribution >= 4 is 42.4 Å². The topological polar surface area (TPSA) is 171 Å². The normalized spacial score (nSPS) is 17.5. The van der Waals surface area contributed by atoms with Crippen LogP contribution in [0.25, 0.3) is 10.9 Å². The zero-order valence-electron chi connectivity index (χ0n) is 30.1. The fraction of sp³-hybridized carbons (Fsp3) is 0.278. The smallest absolute Gasteiger partial charge is 0.780 e. The molecule has 1 aromatic heterocycles. The number of phosphoric ester groups is 1. The summed E-state index contributed by atoms with van der Waals surface area (Å²) >= 11 is 0. The van der Waals surface area contributed by atoms with Crippen LogP contribution in [0.2, 0.25) is 0 Å². The maximum absolute atomic E-state index is 14.5. The minimum Gasteiger partial charge on any atom is -0.780 e. The van der Waals surface area contributed by atoms with E-state index in [1.807, 2.05) is 60.1 Å². The monoisotopic (exact) mass is 758 g/mol. The molecular weight excluding hydrogens is 721 g/mol. The number of aromatic nitrogens is 1. The van der Waals surface area contributed by atoms with Crippen molar-refractivity contribution in [3.8, 4) is 5.75 Å². The molecule has 0 spiro atoms. The third kappa shape index (κ3) is 9.52. The van der Waals surface area contributed by atoms with Gasteiger partial charge >= 0.3 is 65.1 Å². The summed E-state index contributed by atoms with van der Waals surface area (Å²) in [7, 11) is -3.45. The van der Waals surface area contributed by atoms with Crippen LogP contribution >= 0.6 is 7.82 Å². The Hall–Kier alpha value is -3.27. The summed E-state index contributed by atoms with van der Waals surface area (Å²) in [5.41, 5.74) is 3.55. The van der Waals surface area contributed by atoms with Crippen LogP contribution < -0.4 is 78.7 Å². The second kappa shape index (κ2) is 17.9. The van der Waals surface area contributed by atoms with Crippen molar-refractivity contribution in [2.45, 2.75) is 38.6 Å². The largest absolute Gasteiger partial charge is 1.00 e. The first-order valence-corrected chi connectivity index (χ1v) is 17.8. The van der Waals surface area contributed by atoms with E-state index in [0.717, 1.165) is 22.0 Å². The Labute approximate surface area is 351 Å². The molecule has 266 valence electrons. The fourth-order valence-electron chi connectivity index (χ4n) is 6.90. The number of hydrogen-bond donors (Lipinski definition) is 1. The summed E-state index contributed by atoms with van der Waals surface area (Å²) in [6.45, 7) is 5.67. The van der Waals surface area contributed by atoms with Gasteiger partial charge in [-0.1, -0.05) is 66.7 Å². The first kappa shape index (κ1) is 42.5. The van der Waals surface area contributed by atoms with Gasteiger partial charge in [0, 0.05) is 50.2 Å². The van der Waals surface area contributed by atoms with Crippen LogP contribution in [-0.2, 0) is 40.7 Å². The van der Waals surface area contributed by atoms with Crippen LogP contribution in [0.3, 0.4) is 0 Å². The number of amides is 4. The fourth-order valence-corrected chi connectivity index (χ4v) is 7.28. The average Bonchev–Trinajstić information content (AvgIpc) is 3.43. The van der Waals surface area contributed by atoms with E-state index in [0.29, 0.717) is 11.1 Å². The molecule has 2 atom stereocenters. The maximum Gasteiger partial charge on any atom is 1.00 e. The minimum atomic E-state index is -5.29. The molecule has 4 aromatic rings. The van der Waals surface area contributed by atoms with Crippen LogP contribution in [0.1, 0.15) is 34.0 Å². The number of carbonyl (C=O) groups excluding carboxylic acids is 4. The molecule has 14 nitrogen and oxygen atoms in total. The van der Waals surface area contributed by atoms with Gasteiger partial charge in [0.2, 0.25) is 11.8 Å². The molecule has 2 fully saturated rings. The van der Waals surface area contributed by atoms with Gasteiger partial charge in [-0.25, -0.2) is 14.8 Å². The van der Waals surface area contributed by atoms with Crippen molar-refractivity contribution in [2.24, 2.45) is 7.05 Å². The van der Waals surface area contributed by atoms with Crippen LogP contribution in [-0.4, -0.2) is 79.9 Å². The van der Waals surface area contributed by atoms with Gasteiger partial charge in [-0.15, -0.1) is 6.58 Å². The molecule has 0 unspecified atom stereocenters. The Kier molecular flexibility index (Phi) is 14.4. The van der Waals surface area contributed by atoms with Crippen molar-refractivity contribution in [3.05, 3.63) is 114 Å². The van der Waals surface area contributed by atoms with Crippen molar-refractivity contribution in [3.63, 3.8) is 0 Å². The second-order valence-corrected chi connectivity index (χ2v) is 13.6. The number of hydrazine groups is 1. The summed E-state index contributed by atoms with van der Waals surface area (Å²) in [5.74, 6) is -0.991. The Bertz CT molecular complexity index is 2040. The van der Waals surface area contributed by atoms with Crippen molar-refractivity contribution in [2.75, 3.05) is 19.6 Å². The molecule has 17 heteroatoms. The second-order valence-electron chi connectivity index (χ2n) is 12.6. The van der Waals surface area contributed by atoms with Gasteiger partial charge < -0.3 is 38.6 Å². The average molecular weight is 759 g/mol. The number of hydrogen-bond acceptors (Lipinski definition) is 9. The molecule has 2 aliphatic heterocycles. The number of para-hydroxylation sites is 1. The zero-order chi connectivity index (χ0) is 36.4. The van der Waals surface area contributed by atoms with E-state index in [2.05, 4.69) is 16.4 Å². The molecule has 6 rings (SSSR count). The molecular formula is C36H37N6Na2O8P. The third-order valence-electron chi connectivity index (χ3n) is 9.06.